The number of rotatable bonds is 6. The molecular weight excluding hydrogens is 332 g/mol. The van der Waals surface area contributed by atoms with Crippen molar-refractivity contribution < 1.29 is 4.74 Å². The average molecular weight is 357 g/mol. The van der Waals surface area contributed by atoms with Crippen LogP contribution in [0.2, 0.25) is 5.02 Å². The van der Waals surface area contributed by atoms with Crippen molar-refractivity contribution in [2.75, 3.05) is 6.61 Å². The molecule has 2 aromatic carbocycles. The molecule has 3 nitrogen and oxygen atoms in total. The van der Waals surface area contributed by atoms with Crippen molar-refractivity contribution in [3.63, 3.8) is 0 Å². The van der Waals surface area contributed by atoms with Gasteiger partial charge in [-0.25, -0.2) is 4.98 Å². The van der Waals surface area contributed by atoms with E-state index in [9.17, 15) is 0 Å². The van der Waals surface area contributed by atoms with Crippen LogP contribution in [0.25, 0.3) is 11.0 Å². The maximum atomic E-state index is 6.04. The van der Waals surface area contributed by atoms with E-state index in [1.165, 1.54) is 16.6 Å². The molecule has 0 atom stereocenters. The summed E-state index contributed by atoms with van der Waals surface area (Å²) in [4.78, 5) is 4.70. The van der Waals surface area contributed by atoms with E-state index in [1.54, 1.807) is 0 Å². The zero-order chi connectivity index (χ0) is 18.0. The predicted octanol–water partition coefficient (Wildman–Crippen LogP) is 5.78. The highest BCUT2D eigenvalue weighted by atomic mass is 35.5. The molecule has 0 aliphatic carbocycles. The lowest BCUT2D eigenvalue weighted by atomic mass is 10.1. The first-order valence-corrected chi connectivity index (χ1v) is 9.16. The molecule has 0 spiro atoms. The first kappa shape index (κ1) is 17.8. The van der Waals surface area contributed by atoms with E-state index in [4.69, 9.17) is 21.3 Å². The Morgan fingerprint density at radius 3 is 2.48 bits per heavy atom. The molecule has 0 unspecified atom stereocenters. The van der Waals surface area contributed by atoms with Crippen LogP contribution in [0, 0.1) is 27.7 Å². The molecule has 0 N–H and O–H groups in total. The number of hydrogen-bond acceptors (Lipinski definition) is 2. The Hall–Kier alpha value is -2.00. The van der Waals surface area contributed by atoms with E-state index in [0.29, 0.717) is 6.61 Å². The molecule has 1 heterocycles. The van der Waals surface area contributed by atoms with Crippen molar-refractivity contribution in [3.05, 3.63) is 57.9 Å². The Balaban J connectivity index is 1.57. The minimum absolute atomic E-state index is 0.713. The Morgan fingerprint density at radius 2 is 1.72 bits per heavy atom. The van der Waals surface area contributed by atoms with Gasteiger partial charge >= 0.3 is 0 Å². The fourth-order valence-electron chi connectivity index (χ4n) is 3.05. The summed E-state index contributed by atoms with van der Waals surface area (Å²) in [5, 5.41) is 0.778. The number of aromatic nitrogens is 2. The molecule has 0 saturated heterocycles. The van der Waals surface area contributed by atoms with E-state index >= 15 is 0 Å². The molecule has 0 aliphatic heterocycles. The lowest BCUT2D eigenvalue weighted by molar-refractivity contribution is 0.303. The minimum Gasteiger partial charge on any atom is -0.494 e. The largest absolute Gasteiger partial charge is 0.494 e. The Labute approximate surface area is 154 Å². The van der Waals surface area contributed by atoms with Crippen LogP contribution in [0.3, 0.4) is 0 Å². The normalized spacial score (nSPS) is 11.2. The summed E-state index contributed by atoms with van der Waals surface area (Å²) in [6.45, 7) is 10.0. The van der Waals surface area contributed by atoms with Crippen molar-refractivity contribution in [3.8, 4) is 5.75 Å². The number of aryl methyl sites for hydroxylation is 5. The van der Waals surface area contributed by atoms with Crippen LogP contribution in [0.15, 0.2) is 30.3 Å². The van der Waals surface area contributed by atoms with Crippen LogP contribution in [0.5, 0.6) is 5.75 Å². The minimum atomic E-state index is 0.713. The molecule has 132 valence electrons. The molecule has 1 aromatic heterocycles. The molecule has 3 aromatic rings. The number of hydrogen-bond donors (Lipinski definition) is 0. The van der Waals surface area contributed by atoms with Gasteiger partial charge in [-0.3, -0.25) is 0 Å². The fraction of sp³-hybridized carbons (Fsp3) is 0.381. The summed E-state index contributed by atoms with van der Waals surface area (Å²) in [6, 6.07) is 10.2. The van der Waals surface area contributed by atoms with Gasteiger partial charge < -0.3 is 9.30 Å². The second-order valence-corrected chi connectivity index (χ2v) is 7.11. The van der Waals surface area contributed by atoms with Crippen molar-refractivity contribution >= 4 is 22.6 Å². The van der Waals surface area contributed by atoms with Crippen LogP contribution in [-0.4, -0.2) is 16.2 Å². The number of ether oxygens (including phenoxy) is 1. The molecular formula is C21H25ClN2O. The third kappa shape index (κ3) is 3.98. The standard InChI is InChI=1S/C21H25ClN2O/c1-14-12-20-21(13-15(14)2)24(17(4)23-20)9-5-6-10-25-18-7-8-19(22)16(3)11-18/h7-8,11-13H,5-6,9-10H2,1-4H3. The average Bonchev–Trinajstić information content (AvgIpc) is 2.86. The summed E-state index contributed by atoms with van der Waals surface area (Å²) in [7, 11) is 0. The summed E-state index contributed by atoms with van der Waals surface area (Å²) >= 11 is 6.04. The Morgan fingerprint density at radius 1 is 0.960 bits per heavy atom. The topological polar surface area (TPSA) is 27.1 Å². The highest BCUT2D eigenvalue weighted by Crippen LogP contribution is 2.22. The van der Waals surface area contributed by atoms with Gasteiger partial charge in [-0.15, -0.1) is 0 Å². The van der Waals surface area contributed by atoms with Crippen LogP contribution in [0.4, 0.5) is 0 Å². The molecule has 0 aliphatic rings. The van der Waals surface area contributed by atoms with Crippen molar-refractivity contribution in [2.45, 2.75) is 47.1 Å². The lowest BCUT2D eigenvalue weighted by Crippen LogP contribution is -2.04. The molecule has 0 radical (unpaired) electrons. The summed E-state index contributed by atoms with van der Waals surface area (Å²) < 4.78 is 8.14. The highest BCUT2D eigenvalue weighted by molar-refractivity contribution is 6.31. The predicted molar refractivity (Wildman–Crippen MR) is 105 cm³/mol. The zero-order valence-corrected chi connectivity index (χ0v) is 16.2. The number of benzene rings is 2. The van der Waals surface area contributed by atoms with Gasteiger partial charge in [-0.1, -0.05) is 11.6 Å². The van der Waals surface area contributed by atoms with Crippen LogP contribution in [0.1, 0.15) is 35.4 Å². The monoisotopic (exact) mass is 356 g/mol. The number of nitrogens with zero attached hydrogens (tertiary/aromatic N) is 2. The van der Waals surface area contributed by atoms with Gasteiger partial charge in [-0.05, 0) is 87.6 Å². The molecule has 3 rings (SSSR count). The van der Waals surface area contributed by atoms with Gasteiger partial charge in [0.1, 0.15) is 11.6 Å². The van der Waals surface area contributed by atoms with Crippen LogP contribution >= 0.6 is 11.6 Å². The number of halogens is 1. The second kappa shape index (κ2) is 7.49. The lowest BCUT2D eigenvalue weighted by Gasteiger charge is -2.10. The smallest absolute Gasteiger partial charge is 0.119 e. The van der Waals surface area contributed by atoms with Crippen LogP contribution in [-0.2, 0) is 6.54 Å². The summed E-state index contributed by atoms with van der Waals surface area (Å²) in [5.74, 6) is 1.96. The molecule has 0 saturated carbocycles. The highest BCUT2D eigenvalue weighted by Gasteiger charge is 2.09. The Kier molecular flexibility index (Phi) is 5.33. The summed E-state index contributed by atoms with van der Waals surface area (Å²) in [6.07, 6.45) is 2.07. The SMILES string of the molecule is Cc1cc2nc(C)n(CCCCOc3ccc(Cl)c(C)c3)c2cc1C. The fourth-order valence-corrected chi connectivity index (χ4v) is 3.17. The van der Waals surface area contributed by atoms with E-state index in [-0.39, 0.29) is 0 Å². The van der Waals surface area contributed by atoms with Gasteiger partial charge in [-0.2, -0.15) is 0 Å². The van der Waals surface area contributed by atoms with Crippen molar-refractivity contribution in [2.24, 2.45) is 0 Å². The second-order valence-electron chi connectivity index (χ2n) is 6.70. The molecule has 4 heteroatoms. The van der Waals surface area contributed by atoms with E-state index in [0.717, 1.165) is 47.1 Å². The van der Waals surface area contributed by atoms with Gasteiger partial charge in [0.05, 0.1) is 17.6 Å². The van der Waals surface area contributed by atoms with E-state index < -0.39 is 0 Å². The third-order valence-electron chi connectivity index (χ3n) is 4.73. The number of fused-ring (bicyclic) bond motifs is 1. The van der Waals surface area contributed by atoms with E-state index in [2.05, 4.69) is 37.5 Å². The van der Waals surface area contributed by atoms with Gasteiger partial charge in [0, 0.05) is 11.6 Å². The van der Waals surface area contributed by atoms with Crippen molar-refractivity contribution in [1.82, 2.24) is 9.55 Å². The maximum Gasteiger partial charge on any atom is 0.119 e. The Bertz CT molecular complexity index is 899. The van der Waals surface area contributed by atoms with Gasteiger partial charge in [0.15, 0.2) is 0 Å². The van der Waals surface area contributed by atoms with Crippen molar-refractivity contribution in [1.29, 1.82) is 0 Å². The molecule has 0 bridgehead atoms. The quantitative estimate of drug-likeness (QED) is 0.523. The molecule has 0 fully saturated rings. The summed E-state index contributed by atoms with van der Waals surface area (Å²) in [5.41, 5.74) is 5.98. The first-order chi connectivity index (χ1) is 12.0. The first-order valence-electron chi connectivity index (χ1n) is 8.79. The third-order valence-corrected chi connectivity index (χ3v) is 5.15. The van der Waals surface area contributed by atoms with Crippen LogP contribution < -0.4 is 4.74 Å². The molecule has 0 amide bonds. The van der Waals surface area contributed by atoms with Gasteiger partial charge in [0.2, 0.25) is 0 Å². The maximum absolute atomic E-state index is 6.04. The molecule has 25 heavy (non-hydrogen) atoms. The van der Waals surface area contributed by atoms with E-state index in [1.807, 2.05) is 25.1 Å². The van der Waals surface area contributed by atoms with Gasteiger partial charge in [0.25, 0.3) is 0 Å². The zero-order valence-electron chi connectivity index (χ0n) is 15.4. The number of unbranched alkanes of at least 4 members (excludes halogenated alkanes) is 1. The number of imidazole rings is 1.